The SMILES string of the molecule is O=C(Nc1ccc(Oc2ccnc3ccsc23)c(F)c1)NC1CC1c1ccccc1. The summed E-state index contributed by atoms with van der Waals surface area (Å²) < 4.78 is 21.2. The Morgan fingerprint density at radius 1 is 1.10 bits per heavy atom. The van der Waals surface area contributed by atoms with E-state index in [0.29, 0.717) is 17.4 Å². The summed E-state index contributed by atoms with van der Waals surface area (Å²) in [5, 5.41) is 7.53. The molecule has 7 heteroatoms. The number of benzene rings is 2. The standard InChI is InChI=1S/C23H18FN3O2S/c24-17-12-15(26-23(28)27-19-13-16(19)14-4-2-1-3-5-14)6-7-20(17)29-21-8-10-25-18-9-11-30-22(18)21/h1-12,16,19H,13H2,(H2,26,27,28). The molecule has 0 aliphatic heterocycles. The van der Waals surface area contributed by atoms with Crippen molar-refractivity contribution in [3.8, 4) is 11.5 Å². The number of amides is 2. The summed E-state index contributed by atoms with van der Waals surface area (Å²) in [4.78, 5) is 16.5. The molecule has 0 radical (unpaired) electrons. The number of hydrogen-bond donors (Lipinski definition) is 2. The number of aromatic nitrogens is 1. The van der Waals surface area contributed by atoms with Crippen LogP contribution in [-0.2, 0) is 0 Å². The molecule has 0 bridgehead atoms. The van der Waals surface area contributed by atoms with Gasteiger partial charge in [-0.05, 0) is 35.6 Å². The molecule has 1 fully saturated rings. The van der Waals surface area contributed by atoms with Crippen LogP contribution in [0.15, 0.2) is 72.2 Å². The highest BCUT2D eigenvalue weighted by molar-refractivity contribution is 7.17. The lowest BCUT2D eigenvalue weighted by Crippen LogP contribution is -2.31. The average Bonchev–Trinajstić information content (AvgIpc) is 3.33. The molecule has 4 aromatic rings. The molecule has 0 saturated heterocycles. The Labute approximate surface area is 176 Å². The zero-order chi connectivity index (χ0) is 20.5. The molecule has 2 unspecified atom stereocenters. The van der Waals surface area contributed by atoms with E-state index >= 15 is 0 Å². The number of nitrogens with one attached hydrogen (secondary N) is 2. The Morgan fingerprint density at radius 2 is 1.97 bits per heavy atom. The van der Waals surface area contributed by atoms with Gasteiger partial charge in [0.25, 0.3) is 0 Å². The van der Waals surface area contributed by atoms with Gasteiger partial charge in [-0.15, -0.1) is 11.3 Å². The summed E-state index contributed by atoms with van der Waals surface area (Å²) in [5.41, 5.74) is 2.39. The lowest BCUT2D eigenvalue weighted by atomic mass is 10.1. The summed E-state index contributed by atoms with van der Waals surface area (Å²) in [5.74, 6) is 0.419. The molecule has 2 heterocycles. The van der Waals surface area contributed by atoms with E-state index in [1.54, 1.807) is 18.3 Å². The van der Waals surface area contributed by atoms with E-state index in [9.17, 15) is 9.18 Å². The van der Waals surface area contributed by atoms with Gasteiger partial charge in [-0.3, -0.25) is 4.98 Å². The van der Waals surface area contributed by atoms with Gasteiger partial charge in [0, 0.05) is 36.0 Å². The second-order valence-corrected chi connectivity index (χ2v) is 8.07. The second kappa shape index (κ2) is 7.76. The molecule has 0 spiro atoms. The smallest absolute Gasteiger partial charge is 0.319 e. The van der Waals surface area contributed by atoms with Gasteiger partial charge in [-0.2, -0.15) is 0 Å². The molecule has 2 aromatic carbocycles. The first-order valence-corrected chi connectivity index (χ1v) is 10.5. The van der Waals surface area contributed by atoms with Crippen molar-refractivity contribution < 1.29 is 13.9 Å². The monoisotopic (exact) mass is 419 g/mol. The molecule has 5 nitrogen and oxygen atoms in total. The van der Waals surface area contributed by atoms with Gasteiger partial charge in [-0.25, -0.2) is 9.18 Å². The molecule has 2 N–H and O–H groups in total. The molecular weight excluding hydrogens is 401 g/mol. The van der Waals surface area contributed by atoms with E-state index in [1.165, 1.54) is 29.0 Å². The van der Waals surface area contributed by atoms with Crippen LogP contribution in [0.4, 0.5) is 14.9 Å². The predicted octanol–water partition coefficient (Wildman–Crippen LogP) is 5.91. The van der Waals surface area contributed by atoms with Crippen molar-refractivity contribution in [3.63, 3.8) is 0 Å². The highest BCUT2D eigenvalue weighted by Gasteiger charge is 2.39. The minimum absolute atomic E-state index is 0.0909. The molecule has 1 aliphatic rings. The fraction of sp³-hybridized carbons (Fsp3) is 0.130. The summed E-state index contributed by atoms with van der Waals surface area (Å²) in [6.45, 7) is 0. The zero-order valence-electron chi connectivity index (χ0n) is 15.8. The van der Waals surface area contributed by atoms with Gasteiger partial charge in [0.2, 0.25) is 0 Å². The highest BCUT2D eigenvalue weighted by atomic mass is 32.1. The molecule has 150 valence electrons. The second-order valence-electron chi connectivity index (χ2n) is 7.15. The number of rotatable bonds is 5. The van der Waals surface area contributed by atoms with Crippen molar-refractivity contribution in [2.24, 2.45) is 0 Å². The molecular formula is C23H18FN3O2S. The number of fused-ring (bicyclic) bond motifs is 1. The van der Waals surface area contributed by atoms with Gasteiger partial charge in [0.15, 0.2) is 11.6 Å². The van der Waals surface area contributed by atoms with Crippen molar-refractivity contribution in [1.82, 2.24) is 10.3 Å². The van der Waals surface area contributed by atoms with Crippen molar-refractivity contribution in [1.29, 1.82) is 0 Å². The molecule has 1 aliphatic carbocycles. The topological polar surface area (TPSA) is 63.2 Å². The first-order valence-electron chi connectivity index (χ1n) is 9.59. The van der Waals surface area contributed by atoms with Crippen molar-refractivity contribution in [2.75, 3.05) is 5.32 Å². The van der Waals surface area contributed by atoms with E-state index in [2.05, 4.69) is 27.8 Å². The Balaban J connectivity index is 1.22. The largest absolute Gasteiger partial charge is 0.453 e. The predicted molar refractivity (Wildman–Crippen MR) is 116 cm³/mol. The highest BCUT2D eigenvalue weighted by Crippen LogP contribution is 2.40. The van der Waals surface area contributed by atoms with Crippen LogP contribution in [0.3, 0.4) is 0 Å². The number of thiophene rings is 1. The van der Waals surface area contributed by atoms with E-state index in [-0.39, 0.29) is 17.8 Å². The lowest BCUT2D eigenvalue weighted by Gasteiger charge is -2.11. The van der Waals surface area contributed by atoms with Gasteiger partial charge in [-0.1, -0.05) is 30.3 Å². The van der Waals surface area contributed by atoms with Crippen LogP contribution < -0.4 is 15.4 Å². The first-order chi connectivity index (χ1) is 14.7. The van der Waals surface area contributed by atoms with E-state index in [1.807, 2.05) is 29.6 Å². The van der Waals surface area contributed by atoms with Crippen LogP contribution >= 0.6 is 11.3 Å². The van der Waals surface area contributed by atoms with E-state index < -0.39 is 5.82 Å². The fourth-order valence-electron chi connectivity index (χ4n) is 3.47. The fourth-order valence-corrected chi connectivity index (χ4v) is 4.27. The molecule has 30 heavy (non-hydrogen) atoms. The Kier molecular flexibility index (Phi) is 4.80. The summed E-state index contributed by atoms with van der Waals surface area (Å²) >= 11 is 1.49. The summed E-state index contributed by atoms with van der Waals surface area (Å²) in [7, 11) is 0. The summed E-state index contributed by atoms with van der Waals surface area (Å²) in [6, 6.07) is 17.8. The number of hydrogen-bond acceptors (Lipinski definition) is 4. The zero-order valence-corrected chi connectivity index (χ0v) is 16.7. The molecule has 2 aromatic heterocycles. The van der Waals surface area contributed by atoms with Crippen LogP contribution in [0.2, 0.25) is 0 Å². The number of carbonyl (C=O) groups excluding carboxylic acids is 1. The number of urea groups is 1. The van der Waals surface area contributed by atoms with Crippen molar-refractivity contribution >= 4 is 33.3 Å². The minimum Gasteiger partial charge on any atom is -0.453 e. The maximum Gasteiger partial charge on any atom is 0.319 e. The maximum atomic E-state index is 14.6. The van der Waals surface area contributed by atoms with Gasteiger partial charge >= 0.3 is 6.03 Å². The quantitative estimate of drug-likeness (QED) is 0.423. The number of pyridine rings is 1. The molecule has 2 amide bonds. The molecule has 1 saturated carbocycles. The maximum absolute atomic E-state index is 14.6. The third-order valence-corrected chi connectivity index (χ3v) is 5.97. The van der Waals surface area contributed by atoms with Crippen LogP contribution in [0.5, 0.6) is 11.5 Å². The number of anilines is 1. The van der Waals surface area contributed by atoms with Crippen LogP contribution in [0.25, 0.3) is 10.2 Å². The number of ether oxygens (including phenoxy) is 1. The van der Waals surface area contributed by atoms with Crippen LogP contribution in [-0.4, -0.2) is 17.1 Å². The van der Waals surface area contributed by atoms with Crippen LogP contribution in [0.1, 0.15) is 17.9 Å². The van der Waals surface area contributed by atoms with Gasteiger partial charge < -0.3 is 15.4 Å². The third-order valence-electron chi connectivity index (χ3n) is 5.05. The average molecular weight is 419 g/mol. The lowest BCUT2D eigenvalue weighted by molar-refractivity contribution is 0.251. The number of nitrogens with zero attached hydrogens (tertiary/aromatic N) is 1. The Bertz CT molecular complexity index is 1210. The van der Waals surface area contributed by atoms with Gasteiger partial charge in [0.1, 0.15) is 5.75 Å². The molecule has 2 atom stereocenters. The van der Waals surface area contributed by atoms with Crippen molar-refractivity contribution in [3.05, 3.63) is 83.6 Å². The Hall–Kier alpha value is -3.45. The number of carbonyl (C=O) groups is 1. The summed E-state index contributed by atoms with van der Waals surface area (Å²) in [6.07, 6.45) is 2.53. The van der Waals surface area contributed by atoms with E-state index in [0.717, 1.165) is 16.6 Å². The Morgan fingerprint density at radius 3 is 2.80 bits per heavy atom. The van der Waals surface area contributed by atoms with Gasteiger partial charge in [0.05, 0.1) is 10.2 Å². The third kappa shape index (κ3) is 3.84. The van der Waals surface area contributed by atoms with Crippen molar-refractivity contribution in [2.45, 2.75) is 18.4 Å². The van der Waals surface area contributed by atoms with E-state index in [4.69, 9.17) is 4.74 Å². The number of halogens is 1. The van der Waals surface area contributed by atoms with Crippen LogP contribution in [0, 0.1) is 5.82 Å². The normalized spacial score (nSPS) is 17.5. The molecule has 5 rings (SSSR count). The first kappa shape index (κ1) is 18.6. The minimum atomic E-state index is -0.553.